The van der Waals surface area contributed by atoms with Gasteiger partial charge in [0, 0.05) is 29.6 Å². The van der Waals surface area contributed by atoms with Gasteiger partial charge in [0.15, 0.2) is 5.78 Å². The number of Topliss-reactive ketones (excluding diaryl/α,β-unsaturated/α-hetero) is 1. The molecule has 0 atom stereocenters. The number of hydrogen-bond donors (Lipinski definition) is 1. The van der Waals surface area contributed by atoms with E-state index < -0.39 is 5.60 Å². The fraction of sp³-hybridized carbons (Fsp3) is 0.375. The van der Waals surface area contributed by atoms with Gasteiger partial charge in [-0.2, -0.15) is 0 Å². The van der Waals surface area contributed by atoms with E-state index in [4.69, 9.17) is 4.74 Å². The van der Waals surface area contributed by atoms with Crippen molar-refractivity contribution in [2.75, 3.05) is 0 Å². The van der Waals surface area contributed by atoms with Crippen LogP contribution >= 0.6 is 0 Å². The van der Waals surface area contributed by atoms with Crippen molar-refractivity contribution in [3.63, 3.8) is 0 Å². The van der Waals surface area contributed by atoms with Gasteiger partial charge >= 0.3 is 5.97 Å². The smallest absolute Gasteiger partial charge is 0.303 e. The van der Waals surface area contributed by atoms with Crippen molar-refractivity contribution in [1.82, 2.24) is 4.57 Å². The van der Waals surface area contributed by atoms with Gasteiger partial charge in [-0.1, -0.05) is 0 Å². The van der Waals surface area contributed by atoms with Gasteiger partial charge in [0.05, 0.1) is 6.54 Å². The second-order valence-corrected chi connectivity index (χ2v) is 5.78. The second-order valence-electron chi connectivity index (χ2n) is 5.78. The molecule has 112 valence electrons. The highest BCUT2D eigenvalue weighted by Crippen LogP contribution is 2.27. The number of nitrogens with zero attached hydrogens (tertiary/aromatic N) is 1. The number of phenols is 1. The van der Waals surface area contributed by atoms with E-state index in [2.05, 4.69) is 0 Å². The molecule has 0 saturated carbocycles. The molecule has 0 saturated heterocycles. The number of phenolic OH excluding ortho intramolecular Hbond substituents is 1. The maximum atomic E-state index is 11.7. The van der Waals surface area contributed by atoms with Gasteiger partial charge in [-0.05, 0) is 39.0 Å². The number of rotatable bonds is 4. The number of benzene rings is 1. The summed E-state index contributed by atoms with van der Waals surface area (Å²) >= 11 is 0. The highest BCUT2D eigenvalue weighted by Gasteiger charge is 2.24. The number of aromatic hydroxyl groups is 1. The van der Waals surface area contributed by atoms with Gasteiger partial charge in [-0.25, -0.2) is 0 Å². The lowest BCUT2D eigenvalue weighted by atomic mass is 10.1. The lowest BCUT2D eigenvalue weighted by Crippen LogP contribution is -2.32. The van der Waals surface area contributed by atoms with Crippen molar-refractivity contribution in [3.8, 4) is 5.75 Å². The minimum atomic E-state index is -0.691. The molecule has 5 nitrogen and oxygen atoms in total. The van der Waals surface area contributed by atoms with E-state index in [1.165, 1.54) is 13.8 Å². The van der Waals surface area contributed by atoms with Gasteiger partial charge in [-0.3, -0.25) is 9.59 Å². The molecule has 2 aromatic rings. The van der Waals surface area contributed by atoms with E-state index in [9.17, 15) is 14.7 Å². The van der Waals surface area contributed by atoms with Crippen LogP contribution in [0.3, 0.4) is 0 Å². The molecule has 0 aliphatic heterocycles. The van der Waals surface area contributed by atoms with Gasteiger partial charge < -0.3 is 14.4 Å². The molecule has 1 aromatic heterocycles. The number of fused-ring (bicyclic) bond motifs is 1. The molecular weight excluding hydrogens is 270 g/mol. The Hall–Kier alpha value is -2.30. The number of hydrogen-bond acceptors (Lipinski definition) is 4. The molecule has 1 aromatic carbocycles. The Balaban J connectivity index is 2.50. The minimum Gasteiger partial charge on any atom is -0.508 e. The van der Waals surface area contributed by atoms with E-state index in [0.717, 1.165) is 5.52 Å². The van der Waals surface area contributed by atoms with Crippen molar-refractivity contribution in [2.24, 2.45) is 0 Å². The van der Waals surface area contributed by atoms with Crippen LogP contribution in [0.1, 0.15) is 38.1 Å². The number of ketones is 1. The van der Waals surface area contributed by atoms with Crippen molar-refractivity contribution in [3.05, 3.63) is 30.0 Å². The Morgan fingerprint density at radius 1 is 1.29 bits per heavy atom. The van der Waals surface area contributed by atoms with Crippen LogP contribution < -0.4 is 0 Å². The monoisotopic (exact) mass is 289 g/mol. The number of aromatic nitrogens is 1. The van der Waals surface area contributed by atoms with Crippen LogP contribution in [-0.4, -0.2) is 27.0 Å². The van der Waals surface area contributed by atoms with Crippen LogP contribution in [-0.2, 0) is 16.1 Å². The summed E-state index contributed by atoms with van der Waals surface area (Å²) in [5.74, 6) is -0.308. The molecule has 0 fully saturated rings. The van der Waals surface area contributed by atoms with E-state index in [1.54, 1.807) is 24.4 Å². The van der Waals surface area contributed by atoms with E-state index in [1.807, 2.05) is 18.4 Å². The van der Waals surface area contributed by atoms with Crippen LogP contribution in [0, 0.1) is 0 Å². The van der Waals surface area contributed by atoms with Crippen molar-refractivity contribution < 1.29 is 19.4 Å². The first-order valence-corrected chi connectivity index (χ1v) is 6.72. The van der Waals surface area contributed by atoms with Gasteiger partial charge in [0.25, 0.3) is 0 Å². The summed E-state index contributed by atoms with van der Waals surface area (Å²) in [5, 5.41) is 10.3. The molecule has 0 unspecified atom stereocenters. The Bertz CT molecular complexity index is 712. The first kappa shape index (κ1) is 15.1. The first-order chi connectivity index (χ1) is 9.69. The summed E-state index contributed by atoms with van der Waals surface area (Å²) in [6.07, 6.45) is 1.73. The van der Waals surface area contributed by atoms with Crippen LogP contribution in [0.15, 0.2) is 24.4 Å². The third kappa shape index (κ3) is 3.24. The summed E-state index contributed by atoms with van der Waals surface area (Å²) in [5.41, 5.74) is 0.668. The van der Waals surface area contributed by atoms with Crippen LogP contribution in [0.5, 0.6) is 5.75 Å². The summed E-state index contributed by atoms with van der Waals surface area (Å²) in [6.45, 7) is 6.90. The molecule has 0 spiro atoms. The zero-order chi connectivity index (χ0) is 15.8. The standard InChI is InChI=1S/C16H19NO4/c1-10(18)14-8-17(9-16(3,4)21-11(2)19)15-6-5-12(20)7-13(14)15/h5-8,20H,9H2,1-4H3. The number of esters is 1. The van der Waals surface area contributed by atoms with Gasteiger partial charge in [0.1, 0.15) is 11.4 Å². The highest BCUT2D eigenvalue weighted by atomic mass is 16.6. The minimum absolute atomic E-state index is 0.0744. The predicted octanol–water partition coefficient (Wildman–Crippen LogP) is 2.89. The topological polar surface area (TPSA) is 68.5 Å². The van der Waals surface area contributed by atoms with Gasteiger partial charge in [0.2, 0.25) is 0 Å². The summed E-state index contributed by atoms with van der Waals surface area (Å²) in [7, 11) is 0. The molecule has 2 rings (SSSR count). The first-order valence-electron chi connectivity index (χ1n) is 6.72. The maximum Gasteiger partial charge on any atom is 0.303 e. The van der Waals surface area contributed by atoms with E-state index in [0.29, 0.717) is 17.5 Å². The third-order valence-corrected chi connectivity index (χ3v) is 3.22. The van der Waals surface area contributed by atoms with Crippen molar-refractivity contribution in [2.45, 2.75) is 39.8 Å². The second kappa shape index (κ2) is 5.24. The quantitative estimate of drug-likeness (QED) is 0.694. The van der Waals surface area contributed by atoms with Crippen molar-refractivity contribution >= 4 is 22.7 Å². The zero-order valence-corrected chi connectivity index (χ0v) is 12.6. The van der Waals surface area contributed by atoms with E-state index in [-0.39, 0.29) is 17.5 Å². The number of carbonyl (C=O) groups excluding carboxylic acids is 2. The predicted molar refractivity (Wildman–Crippen MR) is 79.5 cm³/mol. The normalized spacial score (nSPS) is 11.6. The highest BCUT2D eigenvalue weighted by molar-refractivity contribution is 6.07. The van der Waals surface area contributed by atoms with Gasteiger partial charge in [-0.15, -0.1) is 0 Å². The fourth-order valence-corrected chi connectivity index (χ4v) is 2.53. The fourth-order valence-electron chi connectivity index (χ4n) is 2.53. The average Bonchev–Trinajstić information content (AvgIpc) is 2.64. The molecule has 1 N–H and O–H groups in total. The van der Waals surface area contributed by atoms with Crippen molar-refractivity contribution in [1.29, 1.82) is 0 Å². The molecule has 21 heavy (non-hydrogen) atoms. The lowest BCUT2D eigenvalue weighted by molar-refractivity contribution is -0.154. The maximum absolute atomic E-state index is 11.7. The van der Waals surface area contributed by atoms with Crippen LogP contribution in [0.4, 0.5) is 0 Å². The molecular formula is C16H19NO4. The Morgan fingerprint density at radius 2 is 1.95 bits per heavy atom. The zero-order valence-electron chi connectivity index (χ0n) is 12.6. The van der Waals surface area contributed by atoms with Crippen LogP contribution in [0.2, 0.25) is 0 Å². The molecule has 0 bridgehead atoms. The third-order valence-electron chi connectivity index (χ3n) is 3.22. The Morgan fingerprint density at radius 3 is 2.52 bits per heavy atom. The number of ether oxygens (including phenoxy) is 1. The summed E-state index contributed by atoms with van der Waals surface area (Å²) in [4.78, 5) is 22.9. The molecule has 5 heteroatoms. The molecule has 1 heterocycles. The summed E-state index contributed by atoms with van der Waals surface area (Å²) < 4.78 is 7.16. The Kier molecular flexibility index (Phi) is 3.77. The Labute approximate surface area is 123 Å². The largest absolute Gasteiger partial charge is 0.508 e. The van der Waals surface area contributed by atoms with Crippen LogP contribution in [0.25, 0.3) is 10.9 Å². The molecule has 0 aliphatic carbocycles. The summed E-state index contributed by atoms with van der Waals surface area (Å²) in [6, 6.07) is 4.89. The molecule has 0 amide bonds. The molecule has 0 aliphatic rings. The van der Waals surface area contributed by atoms with E-state index >= 15 is 0 Å². The molecule has 0 radical (unpaired) electrons. The lowest BCUT2D eigenvalue weighted by Gasteiger charge is -2.25. The average molecular weight is 289 g/mol. The SMILES string of the molecule is CC(=O)OC(C)(C)Cn1cc(C(C)=O)c2cc(O)ccc21. The number of carbonyl (C=O) groups is 2.